The van der Waals surface area contributed by atoms with Gasteiger partial charge in [0, 0.05) is 23.6 Å². The van der Waals surface area contributed by atoms with E-state index in [1.807, 2.05) is 29.2 Å². The molecule has 150 valence electrons. The van der Waals surface area contributed by atoms with E-state index >= 15 is 0 Å². The number of thiocarbonyl (C=S) groups is 1. The van der Waals surface area contributed by atoms with E-state index in [9.17, 15) is 4.39 Å². The average Bonchev–Trinajstić information content (AvgIpc) is 3.18. The van der Waals surface area contributed by atoms with E-state index in [1.165, 1.54) is 11.8 Å². The first-order chi connectivity index (χ1) is 13.9. The highest BCUT2D eigenvalue weighted by molar-refractivity contribution is 7.80. The SMILES string of the molecule is Cc1cc(C2C(c3ccccn3)NC(=S)N2c2ccccc2F)c(C)n1C(C)C. The Hall–Kier alpha value is -2.73. The first-order valence-corrected chi connectivity index (χ1v) is 10.2. The number of nitrogens with zero attached hydrogens (tertiary/aromatic N) is 3. The van der Waals surface area contributed by atoms with Crippen molar-refractivity contribution in [1.82, 2.24) is 14.9 Å². The highest BCUT2D eigenvalue weighted by atomic mass is 32.1. The summed E-state index contributed by atoms with van der Waals surface area (Å²) >= 11 is 5.68. The molecule has 1 aliphatic rings. The number of para-hydroxylation sites is 1. The molecule has 6 heteroatoms. The van der Waals surface area contributed by atoms with Crippen LogP contribution >= 0.6 is 12.2 Å². The predicted molar refractivity (Wildman–Crippen MR) is 119 cm³/mol. The first kappa shape index (κ1) is 19.6. The van der Waals surface area contributed by atoms with Gasteiger partial charge in [0.15, 0.2) is 5.11 Å². The van der Waals surface area contributed by atoms with Crippen LogP contribution in [-0.4, -0.2) is 14.7 Å². The molecule has 1 N–H and O–H groups in total. The first-order valence-electron chi connectivity index (χ1n) is 9.83. The van der Waals surface area contributed by atoms with Crippen molar-refractivity contribution in [2.24, 2.45) is 0 Å². The van der Waals surface area contributed by atoms with Gasteiger partial charge >= 0.3 is 0 Å². The second kappa shape index (κ2) is 7.59. The lowest BCUT2D eigenvalue weighted by atomic mass is 9.96. The van der Waals surface area contributed by atoms with Gasteiger partial charge in [-0.25, -0.2) is 4.39 Å². The number of aryl methyl sites for hydroxylation is 1. The van der Waals surface area contributed by atoms with Crippen molar-refractivity contribution in [1.29, 1.82) is 0 Å². The summed E-state index contributed by atoms with van der Waals surface area (Å²) in [6.07, 6.45) is 1.78. The topological polar surface area (TPSA) is 33.1 Å². The molecule has 0 amide bonds. The molecular weight excluding hydrogens is 383 g/mol. The number of halogens is 1. The van der Waals surface area contributed by atoms with Crippen molar-refractivity contribution in [3.8, 4) is 0 Å². The largest absolute Gasteiger partial charge is 0.351 e. The summed E-state index contributed by atoms with van der Waals surface area (Å²) in [4.78, 5) is 6.47. The van der Waals surface area contributed by atoms with E-state index < -0.39 is 0 Å². The van der Waals surface area contributed by atoms with Gasteiger partial charge in [0.1, 0.15) is 5.82 Å². The lowest BCUT2D eigenvalue weighted by Crippen LogP contribution is -2.30. The van der Waals surface area contributed by atoms with Crippen LogP contribution in [0.3, 0.4) is 0 Å². The summed E-state index contributed by atoms with van der Waals surface area (Å²) in [5.41, 5.74) is 4.83. The van der Waals surface area contributed by atoms with E-state index in [2.05, 4.69) is 48.6 Å². The van der Waals surface area contributed by atoms with Gasteiger partial charge in [0.25, 0.3) is 0 Å². The van der Waals surface area contributed by atoms with E-state index in [-0.39, 0.29) is 17.9 Å². The standard InChI is InChI=1S/C23H25FN4S/c1-14(2)27-15(3)13-17(16(27)4)22-21(19-10-7-8-12-25-19)26-23(29)28(22)20-11-6-5-9-18(20)24/h5-14,21-22H,1-4H3,(H,26,29). The number of hydrogen-bond acceptors (Lipinski definition) is 2. The van der Waals surface area contributed by atoms with Crippen molar-refractivity contribution in [2.45, 2.75) is 45.8 Å². The van der Waals surface area contributed by atoms with Crippen LogP contribution in [0.15, 0.2) is 54.7 Å². The monoisotopic (exact) mass is 408 g/mol. The molecule has 2 unspecified atom stereocenters. The molecule has 29 heavy (non-hydrogen) atoms. The second-order valence-electron chi connectivity index (χ2n) is 7.74. The Morgan fingerprint density at radius 1 is 1.10 bits per heavy atom. The minimum absolute atomic E-state index is 0.176. The third kappa shape index (κ3) is 3.31. The minimum atomic E-state index is -0.291. The molecule has 2 aromatic heterocycles. The molecule has 3 heterocycles. The van der Waals surface area contributed by atoms with Gasteiger partial charge in [-0.15, -0.1) is 0 Å². The Morgan fingerprint density at radius 2 is 1.83 bits per heavy atom. The van der Waals surface area contributed by atoms with Crippen molar-refractivity contribution in [3.63, 3.8) is 0 Å². The Labute approximate surface area is 176 Å². The summed E-state index contributed by atoms with van der Waals surface area (Å²) in [5.74, 6) is -0.291. The van der Waals surface area contributed by atoms with Crippen LogP contribution in [0.5, 0.6) is 0 Å². The molecule has 4 rings (SSSR count). The van der Waals surface area contributed by atoms with E-state index in [0.29, 0.717) is 16.8 Å². The molecule has 3 aromatic rings. The van der Waals surface area contributed by atoms with Crippen molar-refractivity contribution >= 4 is 23.0 Å². The van der Waals surface area contributed by atoms with Crippen LogP contribution in [0, 0.1) is 19.7 Å². The maximum absolute atomic E-state index is 14.8. The summed E-state index contributed by atoms with van der Waals surface area (Å²) < 4.78 is 17.1. The normalized spacial score (nSPS) is 19.1. The molecule has 0 saturated carbocycles. The third-order valence-electron chi connectivity index (χ3n) is 5.57. The molecule has 1 saturated heterocycles. The van der Waals surface area contributed by atoms with E-state index in [0.717, 1.165) is 17.0 Å². The summed E-state index contributed by atoms with van der Waals surface area (Å²) in [6.45, 7) is 8.58. The van der Waals surface area contributed by atoms with Crippen molar-refractivity contribution in [3.05, 3.63) is 83.2 Å². The predicted octanol–water partition coefficient (Wildman–Crippen LogP) is 5.40. The zero-order valence-corrected chi connectivity index (χ0v) is 17.9. The fourth-order valence-corrected chi connectivity index (χ4v) is 4.81. The number of rotatable bonds is 4. The van der Waals surface area contributed by atoms with Crippen LogP contribution in [0.2, 0.25) is 0 Å². The fraction of sp³-hybridized carbons (Fsp3) is 0.304. The van der Waals surface area contributed by atoms with Gasteiger partial charge in [0.05, 0.1) is 23.5 Å². The lowest BCUT2D eigenvalue weighted by Gasteiger charge is -2.28. The van der Waals surface area contributed by atoms with Gasteiger partial charge in [-0.2, -0.15) is 0 Å². The van der Waals surface area contributed by atoms with Crippen LogP contribution in [0.25, 0.3) is 0 Å². The summed E-state index contributed by atoms with van der Waals surface area (Å²) in [5, 5.41) is 3.90. The van der Waals surface area contributed by atoms with Gasteiger partial charge in [-0.1, -0.05) is 18.2 Å². The number of hydrogen-bond donors (Lipinski definition) is 1. The van der Waals surface area contributed by atoms with Gasteiger partial charge in [0.2, 0.25) is 0 Å². The highest BCUT2D eigenvalue weighted by Crippen LogP contribution is 2.44. The molecule has 0 spiro atoms. The Balaban J connectivity index is 1.92. The molecule has 0 radical (unpaired) electrons. The van der Waals surface area contributed by atoms with Crippen LogP contribution in [-0.2, 0) is 0 Å². The molecule has 2 atom stereocenters. The maximum atomic E-state index is 14.8. The number of anilines is 1. The molecule has 0 aliphatic carbocycles. The zero-order valence-electron chi connectivity index (χ0n) is 17.1. The zero-order chi connectivity index (χ0) is 20.7. The maximum Gasteiger partial charge on any atom is 0.174 e. The van der Waals surface area contributed by atoms with Gasteiger partial charge in [-0.3, -0.25) is 4.98 Å². The van der Waals surface area contributed by atoms with E-state index in [1.54, 1.807) is 18.3 Å². The lowest BCUT2D eigenvalue weighted by molar-refractivity contribution is 0.542. The Bertz CT molecular complexity index is 1040. The Morgan fingerprint density at radius 3 is 2.45 bits per heavy atom. The number of benzene rings is 1. The second-order valence-corrected chi connectivity index (χ2v) is 8.12. The smallest absolute Gasteiger partial charge is 0.174 e. The van der Waals surface area contributed by atoms with Crippen LogP contribution in [0.4, 0.5) is 10.1 Å². The van der Waals surface area contributed by atoms with E-state index in [4.69, 9.17) is 12.2 Å². The molecular formula is C23H25FN4S. The molecule has 0 bridgehead atoms. The molecule has 1 aliphatic heterocycles. The molecule has 4 nitrogen and oxygen atoms in total. The fourth-order valence-electron chi connectivity index (χ4n) is 4.47. The summed E-state index contributed by atoms with van der Waals surface area (Å²) in [7, 11) is 0. The van der Waals surface area contributed by atoms with Gasteiger partial charge < -0.3 is 14.8 Å². The summed E-state index contributed by atoms with van der Waals surface area (Å²) in [6, 6.07) is 14.8. The molecule has 1 fully saturated rings. The molecule has 1 aromatic carbocycles. The van der Waals surface area contributed by atoms with Crippen molar-refractivity contribution < 1.29 is 4.39 Å². The van der Waals surface area contributed by atoms with Gasteiger partial charge in [-0.05, 0) is 75.8 Å². The number of nitrogens with one attached hydrogen (secondary N) is 1. The number of aromatic nitrogens is 2. The van der Waals surface area contributed by atoms with Crippen LogP contribution < -0.4 is 10.2 Å². The highest BCUT2D eigenvalue weighted by Gasteiger charge is 2.43. The quantitative estimate of drug-likeness (QED) is 0.586. The third-order valence-corrected chi connectivity index (χ3v) is 5.88. The van der Waals surface area contributed by atoms with Crippen molar-refractivity contribution in [2.75, 3.05) is 4.90 Å². The number of pyridine rings is 1. The minimum Gasteiger partial charge on any atom is -0.351 e. The van der Waals surface area contributed by atoms with Crippen LogP contribution in [0.1, 0.15) is 54.6 Å². The average molecular weight is 409 g/mol. The Kier molecular flexibility index (Phi) is 5.13.